The molecule has 5 nitrogen and oxygen atoms in total. The van der Waals surface area contributed by atoms with Gasteiger partial charge in [0.2, 0.25) is 0 Å². The summed E-state index contributed by atoms with van der Waals surface area (Å²) in [5.41, 5.74) is 1.53. The van der Waals surface area contributed by atoms with Crippen LogP contribution in [0.25, 0.3) is 11.4 Å². The number of nitrogens with one attached hydrogen (secondary N) is 1. The minimum atomic E-state index is -0.280. The predicted octanol–water partition coefficient (Wildman–Crippen LogP) is 3.34. The third-order valence-corrected chi connectivity index (χ3v) is 3.22. The van der Waals surface area contributed by atoms with Crippen LogP contribution < -0.4 is 4.74 Å². The molecule has 0 bridgehead atoms. The number of nitrogens with zero attached hydrogens (tertiary/aromatic N) is 2. The molecule has 0 aliphatic rings. The van der Waals surface area contributed by atoms with Gasteiger partial charge in [0.15, 0.2) is 11.6 Å². The smallest absolute Gasteiger partial charge is 0.184 e. The molecule has 0 unspecified atom stereocenters. The Bertz CT molecular complexity index is 789. The quantitative estimate of drug-likeness (QED) is 0.758. The van der Waals surface area contributed by atoms with Crippen LogP contribution in [0, 0.1) is 5.82 Å². The van der Waals surface area contributed by atoms with Gasteiger partial charge in [0.1, 0.15) is 24.8 Å². The van der Waals surface area contributed by atoms with Crippen molar-refractivity contribution in [3.8, 4) is 17.1 Å². The van der Waals surface area contributed by atoms with E-state index in [2.05, 4.69) is 15.2 Å². The number of halogens is 1. The van der Waals surface area contributed by atoms with Gasteiger partial charge < -0.3 is 9.47 Å². The number of aromatic nitrogens is 3. The third kappa shape index (κ3) is 3.73. The van der Waals surface area contributed by atoms with Crippen molar-refractivity contribution in [3.63, 3.8) is 0 Å². The lowest BCUT2D eigenvalue weighted by atomic mass is 10.2. The van der Waals surface area contributed by atoms with E-state index in [-0.39, 0.29) is 12.4 Å². The molecule has 0 fully saturated rings. The molecule has 0 radical (unpaired) electrons. The maximum Gasteiger partial charge on any atom is 0.184 e. The van der Waals surface area contributed by atoms with E-state index in [1.165, 1.54) is 12.1 Å². The van der Waals surface area contributed by atoms with Gasteiger partial charge in [-0.15, -0.1) is 0 Å². The van der Waals surface area contributed by atoms with E-state index in [0.29, 0.717) is 24.0 Å². The molecule has 1 aromatic heterocycles. The monoisotopic (exact) mass is 313 g/mol. The molecular weight excluding hydrogens is 297 g/mol. The van der Waals surface area contributed by atoms with Crippen LogP contribution in [0.2, 0.25) is 0 Å². The van der Waals surface area contributed by atoms with Crippen molar-refractivity contribution in [2.24, 2.45) is 0 Å². The molecular formula is C17H16FN3O2. The molecule has 0 amide bonds. The Labute approximate surface area is 133 Å². The second-order valence-corrected chi connectivity index (χ2v) is 4.95. The van der Waals surface area contributed by atoms with Crippen LogP contribution in [0.4, 0.5) is 4.39 Å². The first-order valence-electron chi connectivity index (χ1n) is 7.13. The number of para-hydroxylation sites is 1. The summed E-state index contributed by atoms with van der Waals surface area (Å²) in [6.07, 6.45) is 0. The number of benzene rings is 2. The van der Waals surface area contributed by atoms with Gasteiger partial charge in [0, 0.05) is 7.11 Å². The maximum atomic E-state index is 13.2. The van der Waals surface area contributed by atoms with E-state index in [1.54, 1.807) is 13.2 Å². The van der Waals surface area contributed by atoms with Crippen LogP contribution in [0.5, 0.6) is 5.75 Å². The molecule has 0 saturated carbocycles. The van der Waals surface area contributed by atoms with E-state index in [1.807, 2.05) is 30.3 Å². The van der Waals surface area contributed by atoms with Gasteiger partial charge in [0.05, 0.1) is 5.56 Å². The Morgan fingerprint density at radius 1 is 1.09 bits per heavy atom. The first kappa shape index (κ1) is 15.2. The Morgan fingerprint density at radius 2 is 1.96 bits per heavy atom. The normalized spacial score (nSPS) is 10.7. The number of methoxy groups -OCH3 is 1. The minimum Gasteiger partial charge on any atom is -0.488 e. The lowest BCUT2D eigenvalue weighted by Gasteiger charge is -2.09. The molecule has 2 aromatic carbocycles. The fourth-order valence-electron chi connectivity index (χ4n) is 2.18. The van der Waals surface area contributed by atoms with Crippen LogP contribution >= 0.6 is 0 Å². The van der Waals surface area contributed by atoms with E-state index in [9.17, 15) is 4.39 Å². The van der Waals surface area contributed by atoms with Crippen molar-refractivity contribution in [2.45, 2.75) is 13.2 Å². The molecule has 1 N–H and O–H groups in total. The highest BCUT2D eigenvalue weighted by Crippen LogP contribution is 2.27. The topological polar surface area (TPSA) is 60.0 Å². The molecule has 23 heavy (non-hydrogen) atoms. The van der Waals surface area contributed by atoms with Crippen LogP contribution in [0.1, 0.15) is 11.4 Å². The van der Waals surface area contributed by atoms with Gasteiger partial charge in [-0.05, 0) is 29.8 Å². The van der Waals surface area contributed by atoms with E-state index >= 15 is 0 Å². The molecule has 0 spiro atoms. The minimum absolute atomic E-state index is 0.268. The molecule has 3 rings (SSSR count). The summed E-state index contributed by atoms with van der Waals surface area (Å²) in [6.45, 7) is 0.628. The Hall–Kier alpha value is -2.73. The number of hydrogen-bond donors (Lipinski definition) is 1. The van der Waals surface area contributed by atoms with Crippen LogP contribution in [0.3, 0.4) is 0 Å². The Balaban J connectivity index is 1.80. The van der Waals surface area contributed by atoms with Crippen molar-refractivity contribution in [1.82, 2.24) is 15.2 Å². The second kappa shape index (κ2) is 7.02. The highest BCUT2D eigenvalue weighted by Gasteiger charge is 2.11. The zero-order valence-corrected chi connectivity index (χ0v) is 12.6. The first-order chi connectivity index (χ1) is 11.3. The van der Waals surface area contributed by atoms with Crippen molar-refractivity contribution < 1.29 is 13.9 Å². The van der Waals surface area contributed by atoms with Gasteiger partial charge in [-0.1, -0.05) is 24.3 Å². The number of H-pyrrole nitrogens is 1. The third-order valence-electron chi connectivity index (χ3n) is 3.22. The summed E-state index contributed by atoms with van der Waals surface area (Å²) in [6, 6.07) is 13.8. The summed E-state index contributed by atoms with van der Waals surface area (Å²) < 4.78 is 24.1. The summed E-state index contributed by atoms with van der Waals surface area (Å²) in [5.74, 6) is 1.53. The van der Waals surface area contributed by atoms with Gasteiger partial charge in [-0.25, -0.2) is 9.37 Å². The van der Waals surface area contributed by atoms with Gasteiger partial charge in [-0.2, -0.15) is 5.10 Å². The molecule has 0 atom stereocenters. The fourth-order valence-corrected chi connectivity index (χ4v) is 2.18. The van der Waals surface area contributed by atoms with E-state index in [0.717, 1.165) is 11.1 Å². The zero-order valence-electron chi connectivity index (χ0n) is 12.6. The average Bonchev–Trinajstić information content (AvgIpc) is 3.02. The summed E-state index contributed by atoms with van der Waals surface area (Å²) in [4.78, 5) is 4.37. The molecule has 0 aliphatic heterocycles. The highest BCUT2D eigenvalue weighted by atomic mass is 19.1. The van der Waals surface area contributed by atoms with E-state index in [4.69, 9.17) is 9.47 Å². The van der Waals surface area contributed by atoms with Crippen LogP contribution in [-0.2, 0) is 18.0 Å². The highest BCUT2D eigenvalue weighted by molar-refractivity contribution is 5.63. The fraction of sp³-hybridized carbons (Fsp3) is 0.176. The second-order valence-electron chi connectivity index (χ2n) is 4.95. The molecule has 6 heteroatoms. The number of rotatable bonds is 6. The van der Waals surface area contributed by atoms with Crippen molar-refractivity contribution in [2.75, 3.05) is 7.11 Å². The first-order valence-corrected chi connectivity index (χ1v) is 7.13. The zero-order chi connectivity index (χ0) is 16.1. The molecule has 1 heterocycles. The van der Waals surface area contributed by atoms with Crippen molar-refractivity contribution in [3.05, 3.63) is 65.7 Å². The SMILES string of the molecule is COCc1nc(-c2ccccc2OCc2cccc(F)c2)n[nH]1. The summed E-state index contributed by atoms with van der Waals surface area (Å²) >= 11 is 0. The lowest BCUT2D eigenvalue weighted by molar-refractivity contribution is 0.178. The van der Waals surface area contributed by atoms with Gasteiger partial charge in [0.25, 0.3) is 0 Å². The van der Waals surface area contributed by atoms with Crippen LogP contribution in [-0.4, -0.2) is 22.3 Å². The number of ether oxygens (including phenoxy) is 2. The Kier molecular flexibility index (Phi) is 4.63. The molecule has 0 saturated heterocycles. The standard InChI is InChI=1S/C17H16FN3O2/c1-22-11-16-19-17(21-20-16)14-7-2-3-8-15(14)23-10-12-5-4-6-13(18)9-12/h2-9H,10-11H2,1H3,(H,19,20,21). The molecule has 118 valence electrons. The maximum absolute atomic E-state index is 13.2. The lowest BCUT2D eigenvalue weighted by Crippen LogP contribution is -1.98. The number of hydrogen-bond acceptors (Lipinski definition) is 4. The van der Waals surface area contributed by atoms with E-state index < -0.39 is 0 Å². The molecule has 0 aliphatic carbocycles. The van der Waals surface area contributed by atoms with Crippen LogP contribution in [0.15, 0.2) is 48.5 Å². The number of aromatic amines is 1. The van der Waals surface area contributed by atoms with Gasteiger partial charge in [-0.3, -0.25) is 5.10 Å². The van der Waals surface area contributed by atoms with Crippen molar-refractivity contribution in [1.29, 1.82) is 0 Å². The Morgan fingerprint density at radius 3 is 2.78 bits per heavy atom. The molecule has 3 aromatic rings. The van der Waals surface area contributed by atoms with Gasteiger partial charge >= 0.3 is 0 Å². The summed E-state index contributed by atoms with van der Waals surface area (Å²) in [5, 5.41) is 7.00. The summed E-state index contributed by atoms with van der Waals surface area (Å²) in [7, 11) is 1.60. The average molecular weight is 313 g/mol. The van der Waals surface area contributed by atoms with Crippen molar-refractivity contribution >= 4 is 0 Å². The largest absolute Gasteiger partial charge is 0.488 e. The predicted molar refractivity (Wildman–Crippen MR) is 83.3 cm³/mol.